The SMILES string of the molecule is CN[C@@H](C)C(=O)N[C@H](C(=O)N1c2ncccc2C[C@H]1C(=O)Nc1ccc2ccccc2c1)C(C)C. The fourth-order valence-corrected chi connectivity index (χ4v) is 4.29. The van der Waals surface area contributed by atoms with Gasteiger partial charge in [0.1, 0.15) is 17.9 Å². The number of carbonyl (C=O) groups excluding carboxylic acids is 3. The lowest BCUT2D eigenvalue weighted by Crippen LogP contribution is -2.57. The van der Waals surface area contributed by atoms with Crippen LogP contribution in [0.3, 0.4) is 0 Å². The Labute approximate surface area is 205 Å². The van der Waals surface area contributed by atoms with Crippen molar-refractivity contribution in [3.63, 3.8) is 0 Å². The standard InChI is InChI=1S/C27H31N5O3/c1-16(2)23(31-25(33)17(3)28-4)27(35)32-22(15-20-10-7-13-29-24(20)32)26(34)30-21-12-11-18-8-5-6-9-19(18)14-21/h5-14,16-17,22-23,28H,15H2,1-4H3,(H,30,34)(H,31,33)/t17-,22-,23-/m0/s1. The third kappa shape index (κ3) is 5.02. The number of carbonyl (C=O) groups is 3. The van der Waals surface area contributed by atoms with E-state index in [1.54, 1.807) is 26.2 Å². The molecule has 1 aliphatic heterocycles. The molecule has 0 aliphatic carbocycles. The maximum absolute atomic E-state index is 13.8. The number of anilines is 2. The van der Waals surface area contributed by atoms with E-state index < -0.39 is 18.1 Å². The average Bonchev–Trinajstić information content (AvgIpc) is 3.25. The monoisotopic (exact) mass is 473 g/mol. The van der Waals surface area contributed by atoms with Gasteiger partial charge in [0.05, 0.1) is 6.04 Å². The molecule has 35 heavy (non-hydrogen) atoms. The molecule has 4 rings (SSSR count). The Morgan fingerprint density at radius 3 is 2.46 bits per heavy atom. The molecule has 1 aromatic heterocycles. The van der Waals surface area contributed by atoms with Gasteiger partial charge in [-0.3, -0.25) is 19.3 Å². The Hall–Kier alpha value is -3.78. The maximum Gasteiger partial charge on any atom is 0.251 e. The molecule has 2 heterocycles. The summed E-state index contributed by atoms with van der Waals surface area (Å²) >= 11 is 0. The zero-order chi connectivity index (χ0) is 25.1. The lowest BCUT2D eigenvalue weighted by Gasteiger charge is -2.31. The van der Waals surface area contributed by atoms with Gasteiger partial charge < -0.3 is 16.0 Å². The molecule has 0 saturated carbocycles. The van der Waals surface area contributed by atoms with Gasteiger partial charge in [-0.1, -0.05) is 50.2 Å². The van der Waals surface area contributed by atoms with E-state index in [4.69, 9.17) is 0 Å². The Bertz CT molecular complexity index is 1260. The van der Waals surface area contributed by atoms with Gasteiger partial charge in [0, 0.05) is 18.3 Å². The fourth-order valence-electron chi connectivity index (χ4n) is 4.29. The van der Waals surface area contributed by atoms with E-state index in [9.17, 15) is 14.4 Å². The summed E-state index contributed by atoms with van der Waals surface area (Å²) < 4.78 is 0. The fraction of sp³-hybridized carbons (Fsp3) is 0.333. The van der Waals surface area contributed by atoms with E-state index in [0.717, 1.165) is 16.3 Å². The van der Waals surface area contributed by atoms with Crippen LogP contribution < -0.4 is 20.9 Å². The van der Waals surface area contributed by atoms with Crippen LogP contribution in [0.15, 0.2) is 60.8 Å². The summed E-state index contributed by atoms with van der Waals surface area (Å²) in [5.74, 6) is -0.667. The first-order valence-corrected chi connectivity index (χ1v) is 11.8. The van der Waals surface area contributed by atoms with Crippen molar-refractivity contribution in [3.05, 3.63) is 66.4 Å². The van der Waals surface area contributed by atoms with E-state index in [1.165, 1.54) is 4.90 Å². The summed E-state index contributed by atoms with van der Waals surface area (Å²) in [5.41, 5.74) is 1.47. The van der Waals surface area contributed by atoms with Gasteiger partial charge >= 0.3 is 0 Å². The predicted molar refractivity (Wildman–Crippen MR) is 137 cm³/mol. The molecule has 182 valence electrons. The van der Waals surface area contributed by atoms with Gasteiger partial charge in [-0.2, -0.15) is 0 Å². The lowest BCUT2D eigenvalue weighted by molar-refractivity contribution is -0.130. The van der Waals surface area contributed by atoms with Gasteiger partial charge in [-0.05, 0) is 54.4 Å². The molecule has 0 saturated heterocycles. The number of fused-ring (bicyclic) bond motifs is 2. The first-order chi connectivity index (χ1) is 16.8. The molecule has 8 heteroatoms. The number of likely N-dealkylation sites (N-methyl/N-ethyl adjacent to an activating group) is 1. The summed E-state index contributed by atoms with van der Waals surface area (Å²) in [4.78, 5) is 45.7. The summed E-state index contributed by atoms with van der Waals surface area (Å²) in [6.45, 7) is 5.46. The second kappa shape index (κ2) is 10.2. The number of nitrogens with one attached hydrogen (secondary N) is 3. The van der Waals surface area contributed by atoms with Crippen molar-refractivity contribution in [1.29, 1.82) is 0 Å². The third-order valence-corrected chi connectivity index (χ3v) is 6.43. The molecule has 0 radical (unpaired) electrons. The van der Waals surface area contributed by atoms with Crippen LogP contribution in [0.25, 0.3) is 10.8 Å². The number of amides is 3. The minimum absolute atomic E-state index is 0.188. The molecule has 2 aromatic carbocycles. The van der Waals surface area contributed by atoms with Crippen LogP contribution in [0.5, 0.6) is 0 Å². The van der Waals surface area contributed by atoms with Crippen molar-refractivity contribution < 1.29 is 14.4 Å². The first kappa shape index (κ1) is 24.3. The molecule has 1 aliphatic rings. The highest BCUT2D eigenvalue weighted by Crippen LogP contribution is 2.32. The van der Waals surface area contributed by atoms with Gasteiger partial charge in [0.15, 0.2) is 0 Å². The molecule has 0 spiro atoms. The molecule has 0 bridgehead atoms. The van der Waals surface area contributed by atoms with Crippen LogP contribution in [0.4, 0.5) is 11.5 Å². The minimum Gasteiger partial charge on any atom is -0.343 e. The van der Waals surface area contributed by atoms with Crippen LogP contribution in [-0.4, -0.2) is 47.9 Å². The summed E-state index contributed by atoms with van der Waals surface area (Å²) in [6, 6.07) is 15.2. The topological polar surface area (TPSA) is 103 Å². The second-order valence-corrected chi connectivity index (χ2v) is 9.21. The van der Waals surface area contributed by atoms with E-state index >= 15 is 0 Å². The Morgan fingerprint density at radius 2 is 1.74 bits per heavy atom. The maximum atomic E-state index is 13.8. The van der Waals surface area contributed by atoms with Crippen LogP contribution in [-0.2, 0) is 20.8 Å². The number of rotatable bonds is 7. The van der Waals surface area contributed by atoms with Crippen LogP contribution in [0.1, 0.15) is 26.3 Å². The van der Waals surface area contributed by atoms with Crippen molar-refractivity contribution in [2.24, 2.45) is 5.92 Å². The van der Waals surface area contributed by atoms with Crippen molar-refractivity contribution in [1.82, 2.24) is 15.6 Å². The number of aromatic nitrogens is 1. The van der Waals surface area contributed by atoms with Crippen molar-refractivity contribution in [2.45, 2.75) is 45.3 Å². The van der Waals surface area contributed by atoms with Crippen LogP contribution >= 0.6 is 0 Å². The van der Waals surface area contributed by atoms with Gasteiger partial charge in [0.25, 0.3) is 5.91 Å². The Morgan fingerprint density at radius 1 is 1.00 bits per heavy atom. The predicted octanol–water partition coefficient (Wildman–Crippen LogP) is 2.88. The van der Waals surface area contributed by atoms with E-state index in [-0.39, 0.29) is 23.6 Å². The smallest absolute Gasteiger partial charge is 0.251 e. The number of hydrogen-bond donors (Lipinski definition) is 3. The van der Waals surface area contributed by atoms with Gasteiger partial charge in [-0.15, -0.1) is 0 Å². The molecule has 8 nitrogen and oxygen atoms in total. The quantitative estimate of drug-likeness (QED) is 0.490. The lowest BCUT2D eigenvalue weighted by atomic mass is 10.0. The number of hydrogen-bond acceptors (Lipinski definition) is 5. The van der Waals surface area contributed by atoms with Crippen molar-refractivity contribution >= 4 is 40.0 Å². The number of nitrogens with zero attached hydrogens (tertiary/aromatic N) is 2. The normalized spacial score (nSPS) is 16.6. The molecule has 0 fully saturated rings. The molecule has 0 unspecified atom stereocenters. The van der Waals surface area contributed by atoms with Crippen molar-refractivity contribution in [3.8, 4) is 0 Å². The summed E-state index contributed by atoms with van der Waals surface area (Å²) in [7, 11) is 1.68. The van der Waals surface area contributed by atoms with Crippen LogP contribution in [0.2, 0.25) is 0 Å². The highest BCUT2D eigenvalue weighted by molar-refractivity contribution is 6.09. The van der Waals surface area contributed by atoms with Crippen LogP contribution in [0, 0.1) is 5.92 Å². The van der Waals surface area contributed by atoms with E-state index in [2.05, 4.69) is 20.9 Å². The highest BCUT2D eigenvalue weighted by atomic mass is 16.2. The Balaban J connectivity index is 1.62. The van der Waals surface area contributed by atoms with Crippen molar-refractivity contribution in [2.75, 3.05) is 17.3 Å². The number of benzene rings is 2. The number of pyridine rings is 1. The molecule has 3 amide bonds. The molecular formula is C27H31N5O3. The third-order valence-electron chi connectivity index (χ3n) is 6.43. The minimum atomic E-state index is -0.803. The van der Waals surface area contributed by atoms with E-state index in [0.29, 0.717) is 17.9 Å². The largest absolute Gasteiger partial charge is 0.343 e. The average molecular weight is 474 g/mol. The zero-order valence-electron chi connectivity index (χ0n) is 20.4. The summed E-state index contributed by atoms with van der Waals surface area (Å²) in [5, 5.41) is 10.8. The molecular weight excluding hydrogens is 442 g/mol. The second-order valence-electron chi connectivity index (χ2n) is 9.21. The molecule has 3 atom stereocenters. The highest BCUT2D eigenvalue weighted by Gasteiger charge is 2.43. The molecule has 3 N–H and O–H groups in total. The zero-order valence-corrected chi connectivity index (χ0v) is 20.4. The molecule has 3 aromatic rings. The van der Waals surface area contributed by atoms with Gasteiger partial charge in [0.2, 0.25) is 11.8 Å². The van der Waals surface area contributed by atoms with E-state index in [1.807, 2.05) is 62.4 Å². The summed E-state index contributed by atoms with van der Waals surface area (Å²) in [6.07, 6.45) is 1.95. The Kier molecular flexibility index (Phi) is 7.12. The first-order valence-electron chi connectivity index (χ1n) is 11.8. The van der Waals surface area contributed by atoms with Gasteiger partial charge in [-0.25, -0.2) is 4.98 Å².